The van der Waals surface area contributed by atoms with Gasteiger partial charge in [0.05, 0.1) is 23.3 Å². The lowest BCUT2D eigenvalue weighted by molar-refractivity contribution is 0.0690. The fraction of sp³-hybridized carbons (Fsp3) is 0.500. The van der Waals surface area contributed by atoms with Gasteiger partial charge in [0, 0.05) is 19.6 Å². The standard InChI is InChI=1S/C14H20N4O4/c1-8(19)5-18(6-9(2)20)7-10-3-4-11-13(16-17-15-11)12(10)14(21)22/h3-4,8-9,19-20H,5-7H2,1-2H3,(H,21,22)(H,15,16,17). The number of nitrogens with one attached hydrogen (secondary N) is 1. The lowest BCUT2D eigenvalue weighted by atomic mass is 10.0. The summed E-state index contributed by atoms with van der Waals surface area (Å²) < 4.78 is 0. The maximum absolute atomic E-state index is 11.6. The smallest absolute Gasteiger partial charge is 0.338 e. The number of carboxylic acids is 1. The zero-order chi connectivity index (χ0) is 16.3. The van der Waals surface area contributed by atoms with Crippen LogP contribution >= 0.6 is 0 Å². The highest BCUT2D eigenvalue weighted by molar-refractivity contribution is 6.02. The minimum absolute atomic E-state index is 0.0902. The number of benzene rings is 1. The van der Waals surface area contributed by atoms with E-state index in [1.165, 1.54) is 0 Å². The number of rotatable bonds is 7. The van der Waals surface area contributed by atoms with E-state index in [9.17, 15) is 20.1 Å². The summed E-state index contributed by atoms with van der Waals surface area (Å²) in [6.45, 7) is 4.25. The van der Waals surface area contributed by atoms with Gasteiger partial charge in [0.2, 0.25) is 0 Å². The zero-order valence-electron chi connectivity index (χ0n) is 12.5. The van der Waals surface area contributed by atoms with Gasteiger partial charge in [-0.1, -0.05) is 11.3 Å². The molecule has 22 heavy (non-hydrogen) atoms. The minimum atomic E-state index is -1.08. The van der Waals surface area contributed by atoms with E-state index in [0.717, 1.165) is 0 Å². The summed E-state index contributed by atoms with van der Waals surface area (Å²) in [6.07, 6.45) is -1.16. The summed E-state index contributed by atoms with van der Waals surface area (Å²) in [5.41, 5.74) is 1.51. The number of aliphatic hydroxyl groups is 2. The maximum atomic E-state index is 11.6. The summed E-state index contributed by atoms with van der Waals surface area (Å²) in [6, 6.07) is 3.42. The number of aromatic nitrogens is 3. The maximum Gasteiger partial charge on any atom is 0.338 e. The van der Waals surface area contributed by atoms with Crippen molar-refractivity contribution in [1.29, 1.82) is 0 Å². The van der Waals surface area contributed by atoms with E-state index in [1.807, 2.05) is 4.90 Å². The lowest BCUT2D eigenvalue weighted by Gasteiger charge is -2.25. The van der Waals surface area contributed by atoms with Crippen LogP contribution in [0.4, 0.5) is 0 Å². The molecule has 0 aliphatic rings. The highest BCUT2D eigenvalue weighted by Gasteiger charge is 2.20. The van der Waals surface area contributed by atoms with Gasteiger partial charge in [0.15, 0.2) is 0 Å². The van der Waals surface area contributed by atoms with Crippen LogP contribution in [0.25, 0.3) is 11.0 Å². The Labute approximate surface area is 127 Å². The fourth-order valence-corrected chi connectivity index (χ4v) is 2.52. The number of carboxylic acid groups (broad SMARTS) is 1. The van der Waals surface area contributed by atoms with Crippen molar-refractivity contribution in [1.82, 2.24) is 20.3 Å². The predicted octanol–water partition coefficient (Wildman–Crippen LogP) is 0.220. The molecule has 120 valence electrons. The molecule has 2 atom stereocenters. The molecule has 0 saturated carbocycles. The Kier molecular flexibility index (Phi) is 5.07. The molecule has 0 aliphatic heterocycles. The Balaban J connectivity index is 2.35. The molecule has 0 fully saturated rings. The molecular formula is C14H20N4O4. The van der Waals surface area contributed by atoms with E-state index in [1.54, 1.807) is 26.0 Å². The quantitative estimate of drug-likeness (QED) is 0.577. The molecule has 0 radical (unpaired) electrons. The van der Waals surface area contributed by atoms with E-state index in [0.29, 0.717) is 36.2 Å². The average Bonchev–Trinajstić information content (AvgIpc) is 2.84. The van der Waals surface area contributed by atoms with Gasteiger partial charge in [0.25, 0.3) is 0 Å². The summed E-state index contributed by atoms with van der Waals surface area (Å²) in [4.78, 5) is 13.4. The largest absolute Gasteiger partial charge is 0.478 e. The molecule has 0 aliphatic carbocycles. The van der Waals surface area contributed by atoms with Gasteiger partial charge >= 0.3 is 5.97 Å². The highest BCUT2D eigenvalue weighted by atomic mass is 16.4. The lowest BCUT2D eigenvalue weighted by Crippen LogP contribution is -2.36. The number of aromatic carboxylic acids is 1. The molecular weight excluding hydrogens is 288 g/mol. The Morgan fingerprint density at radius 1 is 1.27 bits per heavy atom. The summed E-state index contributed by atoms with van der Waals surface area (Å²) in [5, 5.41) is 38.7. The number of aliphatic hydroxyl groups excluding tert-OH is 2. The van der Waals surface area contributed by atoms with Gasteiger partial charge in [-0.25, -0.2) is 4.79 Å². The average molecular weight is 308 g/mol. The van der Waals surface area contributed by atoms with Crippen LogP contribution in [-0.2, 0) is 6.54 Å². The molecule has 2 rings (SSSR count). The molecule has 4 N–H and O–H groups in total. The van der Waals surface area contributed by atoms with Crippen LogP contribution in [0.3, 0.4) is 0 Å². The number of fused-ring (bicyclic) bond motifs is 1. The Morgan fingerprint density at radius 2 is 1.91 bits per heavy atom. The van der Waals surface area contributed by atoms with Crippen molar-refractivity contribution in [2.45, 2.75) is 32.6 Å². The number of hydrogen-bond acceptors (Lipinski definition) is 6. The first-order valence-corrected chi connectivity index (χ1v) is 7.03. The van der Waals surface area contributed by atoms with Gasteiger partial charge in [0.1, 0.15) is 5.52 Å². The molecule has 0 saturated heterocycles. The molecule has 2 unspecified atom stereocenters. The predicted molar refractivity (Wildman–Crippen MR) is 79.5 cm³/mol. The number of aromatic amines is 1. The van der Waals surface area contributed by atoms with E-state index < -0.39 is 18.2 Å². The number of carbonyl (C=O) groups is 1. The monoisotopic (exact) mass is 308 g/mol. The molecule has 2 aromatic rings. The van der Waals surface area contributed by atoms with Crippen molar-refractivity contribution >= 4 is 17.0 Å². The number of nitrogens with zero attached hydrogens (tertiary/aromatic N) is 3. The Morgan fingerprint density at radius 3 is 2.45 bits per heavy atom. The van der Waals surface area contributed by atoms with Gasteiger partial charge in [-0.3, -0.25) is 10.00 Å². The first-order valence-electron chi connectivity index (χ1n) is 7.03. The topological polar surface area (TPSA) is 123 Å². The molecule has 1 aromatic carbocycles. The van der Waals surface area contributed by atoms with Crippen molar-refractivity contribution in [2.75, 3.05) is 13.1 Å². The third kappa shape index (κ3) is 3.79. The van der Waals surface area contributed by atoms with Crippen molar-refractivity contribution in [2.24, 2.45) is 0 Å². The second kappa shape index (κ2) is 6.82. The minimum Gasteiger partial charge on any atom is -0.478 e. The second-order valence-corrected chi connectivity index (χ2v) is 5.50. The highest BCUT2D eigenvalue weighted by Crippen LogP contribution is 2.21. The van der Waals surface area contributed by atoms with Gasteiger partial charge in [-0.2, -0.15) is 0 Å². The fourth-order valence-electron chi connectivity index (χ4n) is 2.52. The number of H-pyrrole nitrogens is 1. The molecule has 0 bridgehead atoms. The van der Waals surface area contributed by atoms with Crippen molar-refractivity contribution in [3.8, 4) is 0 Å². The molecule has 1 heterocycles. The van der Waals surface area contributed by atoms with E-state index in [-0.39, 0.29) is 5.56 Å². The normalized spacial score (nSPS) is 14.4. The summed E-state index contributed by atoms with van der Waals surface area (Å²) in [5.74, 6) is -1.08. The zero-order valence-corrected chi connectivity index (χ0v) is 12.5. The van der Waals surface area contributed by atoms with Crippen LogP contribution in [0.5, 0.6) is 0 Å². The first kappa shape index (κ1) is 16.3. The van der Waals surface area contributed by atoms with Crippen LogP contribution in [0.1, 0.15) is 29.8 Å². The molecule has 0 amide bonds. The second-order valence-electron chi connectivity index (χ2n) is 5.50. The SMILES string of the molecule is CC(O)CN(Cc1ccc2[nH]nnc2c1C(=O)O)CC(C)O. The van der Waals surface area contributed by atoms with Crippen molar-refractivity contribution < 1.29 is 20.1 Å². The van der Waals surface area contributed by atoms with Crippen LogP contribution in [0.2, 0.25) is 0 Å². The van der Waals surface area contributed by atoms with Crippen LogP contribution in [-0.4, -0.2) is 66.9 Å². The van der Waals surface area contributed by atoms with Crippen molar-refractivity contribution in [3.63, 3.8) is 0 Å². The van der Waals surface area contributed by atoms with Gasteiger partial charge in [-0.15, -0.1) is 5.10 Å². The number of hydrogen-bond donors (Lipinski definition) is 4. The van der Waals surface area contributed by atoms with Crippen LogP contribution in [0, 0.1) is 0 Å². The first-order chi connectivity index (χ1) is 10.4. The third-order valence-corrected chi connectivity index (χ3v) is 3.24. The van der Waals surface area contributed by atoms with E-state index in [2.05, 4.69) is 15.4 Å². The third-order valence-electron chi connectivity index (χ3n) is 3.24. The summed E-state index contributed by atoms with van der Waals surface area (Å²) in [7, 11) is 0. The molecule has 8 heteroatoms. The molecule has 1 aromatic heterocycles. The van der Waals surface area contributed by atoms with Gasteiger partial charge in [-0.05, 0) is 25.5 Å². The molecule has 0 spiro atoms. The van der Waals surface area contributed by atoms with E-state index in [4.69, 9.17) is 0 Å². The van der Waals surface area contributed by atoms with Gasteiger partial charge < -0.3 is 15.3 Å². The van der Waals surface area contributed by atoms with E-state index >= 15 is 0 Å². The summed E-state index contributed by atoms with van der Waals surface area (Å²) >= 11 is 0. The van der Waals surface area contributed by atoms with Crippen LogP contribution < -0.4 is 0 Å². The molecule has 8 nitrogen and oxygen atoms in total. The Hall–Kier alpha value is -2.03. The Bertz CT molecular complexity index is 643. The van der Waals surface area contributed by atoms with Crippen molar-refractivity contribution in [3.05, 3.63) is 23.3 Å². The van der Waals surface area contributed by atoms with Crippen LogP contribution in [0.15, 0.2) is 12.1 Å².